The number of hydrogen-bond acceptors (Lipinski definition) is 0. The van der Waals surface area contributed by atoms with E-state index in [2.05, 4.69) is 0 Å². The molecule has 1 atom stereocenters. The minimum absolute atomic E-state index is 0.500. The first-order valence-electron chi connectivity index (χ1n) is 3.15. The predicted molar refractivity (Wildman–Crippen MR) is 31.1 cm³/mol. The van der Waals surface area contributed by atoms with Crippen LogP contribution in [0.2, 0.25) is 0 Å². The van der Waals surface area contributed by atoms with Gasteiger partial charge in [-0.25, -0.2) is 4.39 Å². The quantitative estimate of drug-likeness (QED) is 0.520. The summed E-state index contributed by atoms with van der Waals surface area (Å²) in [6.07, 6.45) is -4.48. The summed E-state index contributed by atoms with van der Waals surface area (Å²) in [6.45, 7) is 0. The van der Waals surface area contributed by atoms with Crippen molar-refractivity contribution in [2.24, 2.45) is 0 Å². The molecular weight excluding hydrogens is 186 g/mol. The molecule has 1 saturated carbocycles. The van der Waals surface area contributed by atoms with Gasteiger partial charge in [-0.2, -0.15) is 17.6 Å². The van der Waals surface area contributed by atoms with Crippen LogP contribution < -0.4 is 0 Å². The lowest BCUT2D eigenvalue weighted by Crippen LogP contribution is -2.40. The normalized spacial score (nSPS) is 30.8. The molecule has 0 aromatic carbocycles. The van der Waals surface area contributed by atoms with Crippen molar-refractivity contribution in [3.05, 3.63) is 0 Å². The van der Waals surface area contributed by atoms with E-state index in [-0.39, 0.29) is 0 Å². The average molecular weight is 194 g/mol. The van der Waals surface area contributed by atoms with Crippen LogP contribution in [0.15, 0.2) is 0 Å². The Morgan fingerprint density at radius 3 is 1.58 bits per heavy atom. The van der Waals surface area contributed by atoms with Gasteiger partial charge < -0.3 is 0 Å². The molecule has 0 radical (unpaired) electrons. The highest BCUT2D eigenvalue weighted by Crippen LogP contribution is 2.48. The molecule has 6 heteroatoms. The molecule has 0 saturated heterocycles. The van der Waals surface area contributed by atoms with Crippen molar-refractivity contribution < 1.29 is 26.3 Å². The molecule has 12 heavy (non-hydrogen) atoms. The second-order valence-corrected chi connectivity index (χ2v) is 2.33. The standard InChI is InChI=1S/C5H5F5.CH3F/c6-3-1-2-4(7,8)5(3,9)10;1-2/h3H,1-2H2;1H3. The van der Waals surface area contributed by atoms with Gasteiger partial charge in [0.2, 0.25) is 0 Å². The topological polar surface area (TPSA) is 0 Å². The van der Waals surface area contributed by atoms with Gasteiger partial charge in [0, 0.05) is 6.42 Å². The van der Waals surface area contributed by atoms with Gasteiger partial charge >= 0.3 is 11.8 Å². The molecule has 0 heterocycles. The van der Waals surface area contributed by atoms with Crippen LogP contribution in [-0.4, -0.2) is 25.2 Å². The average Bonchev–Trinajstić information content (AvgIpc) is 2.18. The zero-order chi connectivity index (χ0) is 9.99. The van der Waals surface area contributed by atoms with Crippen LogP contribution in [0.5, 0.6) is 0 Å². The van der Waals surface area contributed by atoms with Crippen molar-refractivity contribution >= 4 is 0 Å². The van der Waals surface area contributed by atoms with Gasteiger partial charge in [0.1, 0.15) is 0 Å². The van der Waals surface area contributed by atoms with E-state index in [1.807, 2.05) is 0 Å². The Kier molecular flexibility index (Phi) is 3.41. The first-order valence-corrected chi connectivity index (χ1v) is 3.15. The van der Waals surface area contributed by atoms with Crippen molar-refractivity contribution in [3.8, 4) is 0 Å². The van der Waals surface area contributed by atoms with Gasteiger partial charge in [-0.1, -0.05) is 0 Å². The largest absolute Gasteiger partial charge is 0.340 e. The van der Waals surface area contributed by atoms with Crippen molar-refractivity contribution in [2.75, 3.05) is 7.18 Å². The van der Waals surface area contributed by atoms with E-state index in [1.54, 1.807) is 0 Å². The predicted octanol–water partition coefficient (Wildman–Crippen LogP) is 2.97. The SMILES string of the molecule is CF.FC1CCC(F)(F)C1(F)F. The first kappa shape index (κ1) is 11.6. The summed E-state index contributed by atoms with van der Waals surface area (Å²) >= 11 is 0. The zero-order valence-electron chi connectivity index (χ0n) is 6.26. The fourth-order valence-corrected chi connectivity index (χ4v) is 0.885. The third-order valence-corrected chi connectivity index (χ3v) is 1.59. The van der Waals surface area contributed by atoms with Gasteiger partial charge in [0.15, 0.2) is 6.17 Å². The summed E-state index contributed by atoms with van der Waals surface area (Å²) in [6, 6.07) is 0. The second-order valence-electron chi connectivity index (χ2n) is 2.33. The van der Waals surface area contributed by atoms with E-state index in [1.165, 1.54) is 0 Å². The van der Waals surface area contributed by atoms with Crippen molar-refractivity contribution in [2.45, 2.75) is 30.9 Å². The van der Waals surface area contributed by atoms with Crippen LogP contribution in [0, 0.1) is 0 Å². The van der Waals surface area contributed by atoms with E-state index in [0.29, 0.717) is 7.18 Å². The van der Waals surface area contributed by atoms with Gasteiger partial charge in [0.25, 0.3) is 0 Å². The van der Waals surface area contributed by atoms with Crippen molar-refractivity contribution in [1.82, 2.24) is 0 Å². The smallest absolute Gasteiger partial charge is 0.255 e. The lowest BCUT2D eigenvalue weighted by atomic mass is 10.2. The van der Waals surface area contributed by atoms with Crippen LogP contribution >= 0.6 is 0 Å². The molecule has 1 fully saturated rings. The molecule has 1 aliphatic rings. The third kappa shape index (κ3) is 1.67. The molecule has 0 aliphatic heterocycles. The summed E-state index contributed by atoms with van der Waals surface area (Å²) in [4.78, 5) is 0. The van der Waals surface area contributed by atoms with Crippen LogP contribution in [0.4, 0.5) is 26.3 Å². The van der Waals surface area contributed by atoms with Crippen LogP contribution in [0.3, 0.4) is 0 Å². The number of rotatable bonds is 0. The highest BCUT2D eigenvalue weighted by Gasteiger charge is 2.66. The molecule has 1 unspecified atom stereocenters. The lowest BCUT2D eigenvalue weighted by molar-refractivity contribution is -0.207. The summed E-state index contributed by atoms with van der Waals surface area (Å²) < 4.78 is 69.4. The Balaban J connectivity index is 0.000000561. The van der Waals surface area contributed by atoms with E-state index in [0.717, 1.165) is 0 Å². The van der Waals surface area contributed by atoms with Crippen LogP contribution in [-0.2, 0) is 0 Å². The maximum atomic E-state index is 12.0. The molecule has 1 aliphatic carbocycles. The molecule has 0 aromatic heterocycles. The number of hydrogen-bond donors (Lipinski definition) is 0. The highest BCUT2D eigenvalue weighted by molar-refractivity contribution is 4.98. The summed E-state index contributed by atoms with van der Waals surface area (Å²) in [5, 5.41) is 0. The first-order chi connectivity index (χ1) is 5.38. The third-order valence-electron chi connectivity index (χ3n) is 1.59. The Labute approximate surface area is 65.6 Å². The van der Waals surface area contributed by atoms with Gasteiger partial charge in [-0.15, -0.1) is 0 Å². The van der Waals surface area contributed by atoms with Crippen LogP contribution in [0.25, 0.3) is 0 Å². The zero-order valence-corrected chi connectivity index (χ0v) is 6.26. The van der Waals surface area contributed by atoms with Gasteiger partial charge in [-0.05, 0) is 6.42 Å². The Morgan fingerprint density at radius 2 is 1.50 bits per heavy atom. The number of halogens is 6. The minimum Gasteiger partial charge on any atom is -0.255 e. The van der Waals surface area contributed by atoms with E-state index >= 15 is 0 Å². The molecule has 74 valence electrons. The fraction of sp³-hybridized carbons (Fsp3) is 1.00. The van der Waals surface area contributed by atoms with Crippen LogP contribution in [0.1, 0.15) is 12.8 Å². The summed E-state index contributed by atoms with van der Waals surface area (Å²) in [5.41, 5.74) is 0. The summed E-state index contributed by atoms with van der Waals surface area (Å²) in [7, 11) is 0.500. The molecule has 1 rings (SSSR count). The fourth-order valence-electron chi connectivity index (χ4n) is 0.885. The molecule has 0 bridgehead atoms. The lowest BCUT2D eigenvalue weighted by Gasteiger charge is -2.18. The highest BCUT2D eigenvalue weighted by atomic mass is 19.3. The number of alkyl halides is 6. The molecule has 0 aromatic rings. The molecule has 0 spiro atoms. The Hall–Kier alpha value is -0.420. The van der Waals surface area contributed by atoms with Gasteiger partial charge in [-0.3, -0.25) is 4.39 Å². The maximum absolute atomic E-state index is 12.0. The minimum atomic E-state index is -4.45. The Bertz CT molecular complexity index is 143. The van der Waals surface area contributed by atoms with Gasteiger partial charge in [0.05, 0.1) is 7.18 Å². The van der Waals surface area contributed by atoms with E-state index in [9.17, 15) is 26.3 Å². The monoisotopic (exact) mass is 194 g/mol. The Morgan fingerprint density at radius 1 is 1.08 bits per heavy atom. The molecule has 0 N–H and O–H groups in total. The molecule has 0 nitrogen and oxygen atoms in total. The van der Waals surface area contributed by atoms with E-state index < -0.39 is 30.9 Å². The summed E-state index contributed by atoms with van der Waals surface area (Å²) in [5.74, 6) is -8.60. The van der Waals surface area contributed by atoms with Crippen molar-refractivity contribution in [3.63, 3.8) is 0 Å². The molecular formula is C6H8F6. The van der Waals surface area contributed by atoms with Crippen molar-refractivity contribution in [1.29, 1.82) is 0 Å². The maximum Gasteiger partial charge on any atom is 0.340 e. The molecule has 0 amide bonds. The van der Waals surface area contributed by atoms with E-state index in [4.69, 9.17) is 0 Å². The second kappa shape index (κ2) is 3.53.